The lowest BCUT2D eigenvalue weighted by atomic mass is 10.0. The average Bonchev–Trinajstić information content (AvgIpc) is 3.36. The number of rotatable bonds is 7. The highest BCUT2D eigenvalue weighted by molar-refractivity contribution is 7.18. The number of aromatic nitrogens is 2. The minimum absolute atomic E-state index is 0.451. The Kier molecular flexibility index (Phi) is 5.93. The summed E-state index contributed by atoms with van der Waals surface area (Å²) in [6.07, 6.45) is 0.677. The van der Waals surface area contributed by atoms with E-state index in [4.69, 9.17) is 14.7 Å². The van der Waals surface area contributed by atoms with Crippen LogP contribution in [0.3, 0.4) is 0 Å². The van der Waals surface area contributed by atoms with Gasteiger partial charge >= 0.3 is 0 Å². The second kappa shape index (κ2) is 8.42. The summed E-state index contributed by atoms with van der Waals surface area (Å²) in [4.78, 5) is 14.2. The zero-order chi connectivity index (χ0) is 19.6. The highest BCUT2D eigenvalue weighted by Crippen LogP contribution is 2.39. The van der Waals surface area contributed by atoms with Crippen molar-refractivity contribution in [2.45, 2.75) is 32.4 Å². The number of nitrogens with zero attached hydrogens (tertiary/aromatic N) is 3. The summed E-state index contributed by atoms with van der Waals surface area (Å²) in [5.74, 6) is 1.62. The summed E-state index contributed by atoms with van der Waals surface area (Å²) in [6.45, 7) is 8.32. The van der Waals surface area contributed by atoms with E-state index in [0.29, 0.717) is 19.5 Å². The maximum absolute atomic E-state index is 10.5. The molecule has 3 aromatic heterocycles. The maximum Gasteiger partial charge on any atom is 0.146 e. The van der Waals surface area contributed by atoms with E-state index in [0.717, 1.165) is 53.7 Å². The molecule has 0 unspecified atom stereocenters. The van der Waals surface area contributed by atoms with Crippen molar-refractivity contribution in [3.05, 3.63) is 28.7 Å². The molecular weight excluding hydrogens is 392 g/mol. The number of anilines is 1. The molecule has 1 atom stereocenters. The molecule has 150 valence electrons. The Morgan fingerprint density at radius 1 is 1.29 bits per heavy atom. The van der Waals surface area contributed by atoms with Gasteiger partial charge in [0, 0.05) is 35.5 Å². The van der Waals surface area contributed by atoms with Gasteiger partial charge in [-0.15, -0.1) is 22.7 Å². The molecule has 1 aliphatic heterocycles. The van der Waals surface area contributed by atoms with Crippen LogP contribution in [0.15, 0.2) is 22.9 Å². The van der Waals surface area contributed by atoms with Gasteiger partial charge in [-0.1, -0.05) is 13.0 Å². The van der Waals surface area contributed by atoms with Gasteiger partial charge in [0.15, 0.2) is 0 Å². The molecule has 8 heteroatoms. The molecule has 0 bridgehead atoms. The van der Waals surface area contributed by atoms with Gasteiger partial charge in [-0.25, -0.2) is 9.97 Å². The van der Waals surface area contributed by atoms with E-state index in [1.165, 1.54) is 4.88 Å². The summed E-state index contributed by atoms with van der Waals surface area (Å²) in [5, 5.41) is 19.2. The van der Waals surface area contributed by atoms with Crippen molar-refractivity contribution in [2.75, 3.05) is 38.2 Å². The first-order valence-corrected chi connectivity index (χ1v) is 11.4. The van der Waals surface area contributed by atoms with Gasteiger partial charge in [0.05, 0.1) is 30.7 Å². The molecule has 2 N–H and O–H groups in total. The van der Waals surface area contributed by atoms with Crippen molar-refractivity contribution in [2.24, 2.45) is 0 Å². The predicted molar refractivity (Wildman–Crippen MR) is 116 cm³/mol. The van der Waals surface area contributed by atoms with Gasteiger partial charge in [0.25, 0.3) is 0 Å². The second-order valence-electron chi connectivity index (χ2n) is 7.39. The number of thiophene rings is 2. The molecule has 0 saturated carbocycles. The van der Waals surface area contributed by atoms with Crippen LogP contribution in [-0.4, -0.2) is 58.4 Å². The Labute approximate surface area is 173 Å². The summed E-state index contributed by atoms with van der Waals surface area (Å²) in [7, 11) is 0. The molecule has 0 radical (unpaired) electrons. The number of nitrogens with one attached hydrogen (secondary N) is 1. The molecule has 0 aliphatic carbocycles. The third-order valence-electron chi connectivity index (χ3n) is 5.13. The van der Waals surface area contributed by atoms with Crippen LogP contribution < -0.4 is 5.32 Å². The molecule has 1 aliphatic rings. The number of hydrogen-bond donors (Lipinski definition) is 2. The smallest absolute Gasteiger partial charge is 0.146 e. The molecule has 6 nitrogen and oxygen atoms in total. The van der Waals surface area contributed by atoms with E-state index in [9.17, 15) is 5.11 Å². The van der Waals surface area contributed by atoms with E-state index < -0.39 is 5.60 Å². The summed E-state index contributed by atoms with van der Waals surface area (Å²) < 4.78 is 5.45. The average molecular weight is 419 g/mol. The molecular formula is C20H26N4O2S2. The predicted octanol–water partition coefficient (Wildman–Crippen LogP) is 3.82. The number of aliphatic hydroxyl groups is 1. The van der Waals surface area contributed by atoms with Crippen LogP contribution in [0.25, 0.3) is 20.7 Å². The Bertz CT molecular complexity index is 918. The van der Waals surface area contributed by atoms with Crippen molar-refractivity contribution in [1.29, 1.82) is 0 Å². The normalized spacial score (nSPS) is 17.7. The summed E-state index contributed by atoms with van der Waals surface area (Å²) in [6, 6.07) is 4.19. The van der Waals surface area contributed by atoms with Gasteiger partial charge in [0.1, 0.15) is 16.5 Å². The number of fused-ring (bicyclic) bond motifs is 1. The monoisotopic (exact) mass is 418 g/mol. The van der Waals surface area contributed by atoms with Crippen LogP contribution in [0.2, 0.25) is 0 Å². The van der Waals surface area contributed by atoms with Crippen molar-refractivity contribution in [1.82, 2.24) is 14.9 Å². The zero-order valence-corrected chi connectivity index (χ0v) is 17.9. The van der Waals surface area contributed by atoms with Crippen molar-refractivity contribution >= 4 is 38.7 Å². The molecule has 0 aromatic carbocycles. The van der Waals surface area contributed by atoms with Crippen LogP contribution in [-0.2, 0) is 11.3 Å². The minimum atomic E-state index is -0.777. The van der Waals surface area contributed by atoms with E-state index in [1.807, 2.05) is 13.8 Å². The van der Waals surface area contributed by atoms with Gasteiger partial charge in [-0.2, -0.15) is 0 Å². The van der Waals surface area contributed by atoms with E-state index in [2.05, 4.69) is 33.1 Å². The minimum Gasteiger partial charge on any atom is -0.388 e. The molecule has 28 heavy (non-hydrogen) atoms. The Balaban J connectivity index is 1.70. The SMILES string of the molecule is CC[C@@](C)(O)CNc1nc(CN2CCOCC2)nc2scc(-c3cccs3)c12. The third kappa shape index (κ3) is 4.36. The Hall–Kier alpha value is -1.58. The third-order valence-corrected chi connectivity index (χ3v) is 6.91. The highest BCUT2D eigenvalue weighted by Gasteiger charge is 2.21. The lowest BCUT2D eigenvalue weighted by Crippen LogP contribution is -2.36. The highest BCUT2D eigenvalue weighted by atomic mass is 32.1. The molecule has 3 aromatic rings. The number of morpholine rings is 1. The molecule has 0 amide bonds. The van der Waals surface area contributed by atoms with Crippen LogP contribution in [0.4, 0.5) is 5.82 Å². The zero-order valence-electron chi connectivity index (χ0n) is 16.3. The van der Waals surface area contributed by atoms with Crippen LogP contribution >= 0.6 is 22.7 Å². The maximum atomic E-state index is 10.5. The van der Waals surface area contributed by atoms with Gasteiger partial charge < -0.3 is 15.2 Å². The molecule has 4 heterocycles. The largest absolute Gasteiger partial charge is 0.388 e. The second-order valence-corrected chi connectivity index (χ2v) is 9.19. The fraction of sp³-hybridized carbons (Fsp3) is 0.500. The molecule has 1 saturated heterocycles. The van der Waals surface area contributed by atoms with Gasteiger partial charge in [-0.3, -0.25) is 4.90 Å². The first-order valence-electron chi connectivity index (χ1n) is 9.64. The van der Waals surface area contributed by atoms with Crippen molar-refractivity contribution in [3.8, 4) is 10.4 Å². The Morgan fingerprint density at radius 3 is 2.82 bits per heavy atom. The summed E-state index contributed by atoms with van der Waals surface area (Å²) >= 11 is 3.37. The van der Waals surface area contributed by atoms with E-state index >= 15 is 0 Å². The van der Waals surface area contributed by atoms with Crippen molar-refractivity contribution in [3.63, 3.8) is 0 Å². The lowest BCUT2D eigenvalue weighted by molar-refractivity contribution is 0.0331. The number of hydrogen-bond acceptors (Lipinski definition) is 8. The van der Waals surface area contributed by atoms with Crippen LogP contribution in [0.1, 0.15) is 26.1 Å². The quantitative estimate of drug-likeness (QED) is 0.608. The fourth-order valence-electron chi connectivity index (χ4n) is 3.16. The summed E-state index contributed by atoms with van der Waals surface area (Å²) in [5.41, 5.74) is 0.382. The fourth-order valence-corrected chi connectivity index (χ4v) is 4.94. The Morgan fingerprint density at radius 2 is 2.11 bits per heavy atom. The van der Waals surface area contributed by atoms with Crippen molar-refractivity contribution < 1.29 is 9.84 Å². The molecule has 0 spiro atoms. The topological polar surface area (TPSA) is 70.5 Å². The van der Waals surface area contributed by atoms with Crippen LogP contribution in [0.5, 0.6) is 0 Å². The lowest BCUT2D eigenvalue weighted by Gasteiger charge is -2.26. The first-order chi connectivity index (χ1) is 13.6. The van der Waals surface area contributed by atoms with Crippen LogP contribution in [0, 0.1) is 0 Å². The number of ether oxygens (including phenoxy) is 1. The molecule has 1 fully saturated rings. The van der Waals surface area contributed by atoms with E-state index in [1.54, 1.807) is 22.7 Å². The standard InChI is InChI=1S/C20H26N4O2S2/c1-3-20(2,25)13-21-18-17-14(15-5-4-10-27-15)12-28-19(17)23-16(22-18)11-24-6-8-26-9-7-24/h4-5,10,12,25H,3,6-9,11,13H2,1-2H3,(H,21,22,23)/t20-/m1/s1. The first kappa shape index (κ1) is 19.7. The van der Waals surface area contributed by atoms with E-state index in [-0.39, 0.29) is 0 Å². The van der Waals surface area contributed by atoms with Gasteiger partial charge in [0.2, 0.25) is 0 Å². The van der Waals surface area contributed by atoms with Gasteiger partial charge in [-0.05, 0) is 24.8 Å². The molecule has 4 rings (SSSR count).